The van der Waals surface area contributed by atoms with Gasteiger partial charge in [-0.05, 0) is 44.9 Å². The second kappa shape index (κ2) is 39.1. The van der Waals surface area contributed by atoms with E-state index in [2.05, 4.69) is 51.2 Å². The van der Waals surface area contributed by atoms with Crippen LogP contribution in [0, 0.1) is 0 Å². The van der Waals surface area contributed by atoms with Crippen LogP contribution in [0.3, 0.4) is 0 Å². The molecule has 0 aliphatic rings. The van der Waals surface area contributed by atoms with E-state index in [9.17, 15) is 14.4 Å². The molecule has 0 amide bonds. The summed E-state index contributed by atoms with van der Waals surface area (Å²) in [6, 6.07) is 0. The molecular weight excluding hydrogens is 636 g/mol. The molecule has 0 fully saturated rings. The molecule has 6 heteroatoms. The van der Waals surface area contributed by atoms with E-state index in [1.54, 1.807) is 6.08 Å². The average molecular weight is 707 g/mol. The maximum Gasteiger partial charge on any atom is 0.309 e. The Kier molecular flexibility index (Phi) is 36.3. The first-order valence-corrected chi connectivity index (χ1v) is 19.8. The van der Waals surface area contributed by atoms with Crippen molar-refractivity contribution in [2.75, 3.05) is 13.2 Å². The van der Waals surface area contributed by atoms with Gasteiger partial charge in [-0.2, -0.15) is 0 Å². The summed E-state index contributed by atoms with van der Waals surface area (Å²) in [5.41, 5.74) is 0. The van der Waals surface area contributed by atoms with Crippen molar-refractivity contribution in [3.63, 3.8) is 0 Å². The largest absolute Gasteiger partial charge is 0.462 e. The Hall–Kier alpha value is -3.67. The Morgan fingerprint density at radius 1 is 0.451 bits per heavy atom. The molecule has 1 atom stereocenters. The van der Waals surface area contributed by atoms with Crippen LogP contribution in [0.1, 0.15) is 149 Å². The van der Waals surface area contributed by atoms with Gasteiger partial charge in [0.2, 0.25) is 0 Å². The van der Waals surface area contributed by atoms with Crippen LogP contribution in [0.4, 0.5) is 0 Å². The zero-order valence-corrected chi connectivity index (χ0v) is 32.3. The van der Waals surface area contributed by atoms with Crippen molar-refractivity contribution in [3.05, 3.63) is 97.2 Å². The maximum atomic E-state index is 12.6. The summed E-state index contributed by atoms with van der Waals surface area (Å²) in [4.78, 5) is 37.4. The van der Waals surface area contributed by atoms with Crippen molar-refractivity contribution in [3.8, 4) is 0 Å². The third kappa shape index (κ3) is 37.4. The number of carbonyl (C=O) groups excluding carboxylic acids is 3. The molecule has 1 unspecified atom stereocenters. The first-order valence-electron chi connectivity index (χ1n) is 19.8. The Labute approximate surface area is 311 Å². The fraction of sp³-hybridized carbons (Fsp3) is 0.578. The van der Waals surface area contributed by atoms with E-state index >= 15 is 0 Å². The number of unbranched alkanes of at least 4 members (excludes halogenated alkanes) is 11. The Balaban J connectivity index is 4.61. The van der Waals surface area contributed by atoms with Gasteiger partial charge in [0.15, 0.2) is 6.10 Å². The number of ether oxygens (including phenoxy) is 3. The van der Waals surface area contributed by atoms with Crippen molar-refractivity contribution < 1.29 is 28.6 Å². The first-order chi connectivity index (χ1) is 25.0. The van der Waals surface area contributed by atoms with Crippen LogP contribution in [0.25, 0.3) is 0 Å². The van der Waals surface area contributed by atoms with Crippen LogP contribution in [0.15, 0.2) is 97.2 Å². The van der Waals surface area contributed by atoms with Crippen molar-refractivity contribution in [1.29, 1.82) is 0 Å². The van der Waals surface area contributed by atoms with Gasteiger partial charge < -0.3 is 14.2 Å². The second-order valence-electron chi connectivity index (χ2n) is 12.6. The van der Waals surface area contributed by atoms with Crippen LogP contribution in [-0.4, -0.2) is 37.2 Å². The van der Waals surface area contributed by atoms with Gasteiger partial charge in [0.25, 0.3) is 0 Å². The minimum Gasteiger partial charge on any atom is -0.462 e. The normalized spacial score (nSPS) is 13.1. The summed E-state index contributed by atoms with van der Waals surface area (Å²) < 4.78 is 16.4. The van der Waals surface area contributed by atoms with E-state index in [0.717, 1.165) is 51.4 Å². The summed E-state index contributed by atoms with van der Waals surface area (Å²) in [6.45, 7) is 6.15. The third-order valence-electron chi connectivity index (χ3n) is 7.74. The molecular formula is C45H70O6. The number of hydrogen-bond acceptors (Lipinski definition) is 6. The van der Waals surface area contributed by atoms with Crippen molar-refractivity contribution in [1.82, 2.24) is 0 Å². The number of allylic oxidation sites excluding steroid dienone is 15. The molecule has 0 bridgehead atoms. The topological polar surface area (TPSA) is 78.9 Å². The lowest BCUT2D eigenvalue weighted by Crippen LogP contribution is -2.30. The fourth-order valence-electron chi connectivity index (χ4n) is 4.82. The highest BCUT2D eigenvalue weighted by molar-refractivity contribution is 5.72. The molecule has 0 heterocycles. The van der Waals surface area contributed by atoms with Gasteiger partial charge in [-0.3, -0.25) is 14.4 Å². The smallest absolute Gasteiger partial charge is 0.309 e. The minimum absolute atomic E-state index is 0.120. The van der Waals surface area contributed by atoms with Gasteiger partial charge in [0.05, 0.1) is 6.42 Å². The van der Waals surface area contributed by atoms with Crippen molar-refractivity contribution in [2.24, 2.45) is 0 Å². The fourth-order valence-corrected chi connectivity index (χ4v) is 4.82. The maximum absolute atomic E-state index is 12.6. The molecule has 286 valence electrons. The Bertz CT molecular complexity index is 1090. The predicted molar refractivity (Wildman–Crippen MR) is 214 cm³/mol. The second-order valence-corrected chi connectivity index (χ2v) is 12.6. The number of hydrogen-bond donors (Lipinski definition) is 0. The molecule has 0 aliphatic heterocycles. The van der Waals surface area contributed by atoms with E-state index in [4.69, 9.17) is 14.2 Å². The molecule has 0 spiro atoms. The van der Waals surface area contributed by atoms with E-state index in [-0.39, 0.29) is 38.0 Å². The van der Waals surface area contributed by atoms with Crippen LogP contribution >= 0.6 is 0 Å². The average Bonchev–Trinajstić information content (AvgIpc) is 3.12. The molecule has 0 aromatic heterocycles. The first kappa shape index (κ1) is 47.3. The summed E-state index contributed by atoms with van der Waals surface area (Å²) >= 11 is 0. The SMILES string of the molecule is CC\C=C/C=C\C=C/C=C\C=C/CCCC(=O)OCC(COC(=O)C/C=C\C/C=C\C/C=C\CC)OC(=O)CCCCCCCCCCCCC. The highest BCUT2D eigenvalue weighted by Crippen LogP contribution is 2.13. The molecule has 0 radical (unpaired) electrons. The van der Waals surface area contributed by atoms with Gasteiger partial charge in [0.1, 0.15) is 13.2 Å². The van der Waals surface area contributed by atoms with E-state index in [0.29, 0.717) is 12.8 Å². The summed E-state index contributed by atoms with van der Waals surface area (Å²) in [5, 5.41) is 0. The molecule has 0 saturated heterocycles. The van der Waals surface area contributed by atoms with Crippen LogP contribution in [-0.2, 0) is 28.6 Å². The lowest BCUT2D eigenvalue weighted by atomic mass is 10.1. The quantitative estimate of drug-likeness (QED) is 0.0222. The molecule has 0 aliphatic carbocycles. The van der Waals surface area contributed by atoms with Crippen LogP contribution in [0.2, 0.25) is 0 Å². The predicted octanol–water partition coefficient (Wildman–Crippen LogP) is 12.3. The van der Waals surface area contributed by atoms with Crippen molar-refractivity contribution in [2.45, 2.75) is 155 Å². The highest BCUT2D eigenvalue weighted by atomic mass is 16.6. The molecule has 6 nitrogen and oxygen atoms in total. The van der Waals surface area contributed by atoms with Crippen LogP contribution < -0.4 is 0 Å². The van der Waals surface area contributed by atoms with Gasteiger partial charge in [-0.1, -0.05) is 182 Å². The zero-order valence-electron chi connectivity index (χ0n) is 32.3. The van der Waals surface area contributed by atoms with E-state index in [1.807, 2.05) is 60.8 Å². The number of rotatable bonds is 33. The van der Waals surface area contributed by atoms with Gasteiger partial charge in [-0.15, -0.1) is 0 Å². The number of esters is 3. The van der Waals surface area contributed by atoms with Gasteiger partial charge in [-0.25, -0.2) is 0 Å². The summed E-state index contributed by atoms with van der Waals surface area (Å²) in [5.74, 6) is -1.15. The minimum atomic E-state index is -0.836. The van der Waals surface area contributed by atoms with Crippen LogP contribution in [0.5, 0.6) is 0 Å². The molecule has 51 heavy (non-hydrogen) atoms. The lowest BCUT2D eigenvalue weighted by Gasteiger charge is -2.18. The van der Waals surface area contributed by atoms with Gasteiger partial charge >= 0.3 is 17.9 Å². The number of carbonyl (C=O) groups is 3. The summed E-state index contributed by atoms with van der Waals surface area (Å²) in [7, 11) is 0. The molecule has 0 aromatic rings. The van der Waals surface area contributed by atoms with Crippen molar-refractivity contribution >= 4 is 17.9 Å². The van der Waals surface area contributed by atoms with E-state index < -0.39 is 12.1 Å². The Morgan fingerprint density at radius 3 is 1.51 bits per heavy atom. The van der Waals surface area contributed by atoms with Gasteiger partial charge in [0, 0.05) is 12.8 Å². The zero-order chi connectivity index (χ0) is 37.3. The summed E-state index contributed by atoms with van der Waals surface area (Å²) in [6.07, 6.45) is 50.0. The van der Waals surface area contributed by atoms with E-state index in [1.165, 1.54) is 51.4 Å². The highest BCUT2D eigenvalue weighted by Gasteiger charge is 2.19. The monoisotopic (exact) mass is 707 g/mol. The lowest BCUT2D eigenvalue weighted by molar-refractivity contribution is -0.166. The molecule has 0 saturated carbocycles. The molecule has 0 N–H and O–H groups in total. The third-order valence-corrected chi connectivity index (χ3v) is 7.74. The standard InChI is InChI=1S/C45H70O6/c1-4-7-10-13-16-19-21-22-24-26-29-32-35-38-44(47)50-41-42(40-49-43(46)37-34-31-28-25-18-15-12-9-6-3)51-45(48)39-36-33-30-27-23-20-17-14-11-8-5-2/h7,9-10,12-13,16,18-19,21-22,24-26,29,31,34,42H,4-6,8,11,14-15,17,20,23,27-28,30,32-33,35-41H2,1-3H3/b10-7-,12-9-,16-13-,21-19-,24-22-,25-18-,29-26-,34-31-. The molecule has 0 rings (SSSR count). The molecule has 0 aromatic carbocycles. The Morgan fingerprint density at radius 2 is 0.922 bits per heavy atom.